The van der Waals surface area contributed by atoms with E-state index in [1.54, 1.807) is 25.3 Å². The van der Waals surface area contributed by atoms with Crippen molar-refractivity contribution >= 4 is 31.9 Å². The molecule has 1 aromatic heterocycles. The third kappa shape index (κ3) is 5.03. The molecule has 0 saturated heterocycles. The molecule has 0 atom stereocenters. The maximum atomic E-state index is 12.6. The number of hydrogen-bond donors (Lipinski definition) is 1. The third-order valence-electron chi connectivity index (χ3n) is 3.32. The van der Waals surface area contributed by atoms with Crippen LogP contribution >= 0.6 is 15.9 Å². The topological polar surface area (TPSA) is 94.6 Å². The Morgan fingerprint density at radius 3 is 2.65 bits per heavy atom. The highest BCUT2D eigenvalue weighted by Gasteiger charge is 2.20. The van der Waals surface area contributed by atoms with E-state index in [4.69, 9.17) is 9.47 Å². The molecule has 0 aliphatic heterocycles. The molecule has 140 valence electrons. The molecule has 0 radical (unpaired) electrons. The summed E-state index contributed by atoms with van der Waals surface area (Å²) in [4.78, 5) is 15.8. The molecule has 0 amide bonds. The number of carbonyl (C=O) groups excluding carboxylic acids is 1. The van der Waals surface area contributed by atoms with Gasteiger partial charge in [0.2, 0.25) is 15.9 Å². The molecule has 2 aromatic rings. The van der Waals surface area contributed by atoms with Gasteiger partial charge in [0.05, 0.1) is 23.7 Å². The van der Waals surface area contributed by atoms with Crippen LogP contribution < -0.4 is 9.46 Å². The molecule has 1 aromatic carbocycles. The Morgan fingerprint density at radius 1 is 1.23 bits per heavy atom. The number of aromatic nitrogens is 1. The molecule has 0 aliphatic carbocycles. The summed E-state index contributed by atoms with van der Waals surface area (Å²) in [5.74, 6) is -0.128. The number of rotatable bonds is 8. The Balaban J connectivity index is 2.19. The summed E-state index contributed by atoms with van der Waals surface area (Å²) in [7, 11) is -3.81. The van der Waals surface area contributed by atoms with Gasteiger partial charge in [0.1, 0.15) is 0 Å². The van der Waals surface area contributed by atoms with Crippen molar-refractivity contribution in [2.24, 2.45) is 0 Å². The molecule has 9 heteroatoms. The predicted octanol–water partition coefficient (Wildman–Crippen LogP) is 2.90. The van der Waals surface area contributed by atoms with Crippen LogP contribution in [0.5, 0.6) is 5.88 Å². The fourth-order valence-corrected chi connectivity index (χ4v) is 4.22. The first kappa shape index (κ1) is 20.3. The van der Waals surface area contributed by atoms with Gasteiger partial charge in [0.15, 0.2) is 0 Å². The van der Waals surface area contributed by atoms with Crippen molar-refractivity contribution in [3.8, 4) is 5.88 Å². The Labute approximate surface area is 160 Å². The molecule has 0 bridgehead atoms. The molecule has 2 rings (SSSR count). The summed E-state index contributed by atoms with van der Waals surface area (Å²) in [5.41, 5.74) is 0.890. The molecule has 0 aliphatic rings. The van der Waals surface area contributed by atoms with E-state index in [9.17, 15) is 13.2 Å². The fraction of sp³-hybridized carbons (Fsp3) is 0.294. The minimum Gasteiger partial charge on any atom is -0.478 e. The smallest absolute Gasteiger partial charge is 0.338 e. The first-order valence-corrected chi connectivity index (χ1v) is 10.2. The lowest BCUT2D eigenvalue weighted by Crippen LogP contribution is -2.24. The van der Waals surface area contributed by atoms with Gasteiger partial charge in [-0.3, -0.25) is 0 Å². The molecule has 0 saturated carbocycles. The van der Waals surface area contributed by atoms with Gasteiger partial charge in [-0.1, -0.05) is 6.07 Å². The average Bonchev–Trinajstić information content (AvgIpc) is 2.61. The van der Waals surface area contributed by atoms with Crippen LogP contribution in [0, 0.1) is 0 Å². The van der Waals surface area contributed by atoms with E-state index in [0.717, 1.165) is 0 Å². The molecule has 0 spiro atoms. The monoisotopic (exact) mass is 442 g/mol. The zero-order valence-electron chi connectivity index (χ0n) is 14.4. The SMILES string of the molecule is CCOC(=O)c1ccc(S(=O)(=O)NCc2cccnc2OCC)c(Br)c1. The molecule has 1 N–H and O–H groups in total. The Hall–Kier alpha value is -1.97. The molecular weight excluding hydrogens is 424 g/mol. The quantitative estimate of drug-likeness (QED) is 0.631. The van der Waals surface area contributed by atoms with Gasteiger partial charge in [-0.15, -0.1) is 0 Å². The highest BCUT2D eigenvalue weighted by Crippen LogP contribution is 2.24. The number of benzene rings is 1. The fourth-order valence-electron chi connectivity index (χ4n) is 2.14. The van der Waals surface area contributed by atoms with E-state index in [1.165, 1.54) is 18.2 Å². The third-order valence-corrected chi connectivity index (χ3v) is 5.69. The van der Waals surface area contributed by atoms with Crippen LogP contribution in [-0.4, -0.2) is 32.6 Å². The zero-order valence-corrected chi connectivity index (χ0v) is 16.8. The predicted molar refractivity (Wildman–Crippen MR) is 99.5 cm³/mol. The lowest BCUT2D eigenvalue weighted by atomic mass is 10.2. The lowest BCUT2D eigenvalue weighted by molar-refractivity contribution is 0.0526. The van der Waals surface area contributed by atoms with Crippen molar-refractivity contribution in [1.29, 1.82) is 0 Å². The Kier molecular flexibility index (Phi) is 7.13. The zero-order chi connectivity index (χ0) is 19.2. The standard InChI is InChI=1S/C17H19BrN2O5S/c1-3-24-16-13(6-5-9-19-16)11-20-26(22,23)15-8-7-12(10-14(15)18)17(21)25-4-2/h5-10,20H,3-4,11H2,1-2H3. The highest BCUT2D eigenvalue weighted by atomic mass is 79.9. The van der Waals surface area contributed by atoms with Gasteiger partial charge in [0.25, 0.3) is 0 Å². The number of hydrogen-bond acceptors (Lipinski definition) is 6. The molecular formula is C17H19BrN2O5S. The van der Waals surface area contributed by atoms with E-state index < -0.39 is 16.0 Å². The van der Waals surface area contributed by atoms with Crippen LogP contribution in [0.15, 0.2) is 45.9 Å². The van der Waals surface area contributed by atoms with E-state index in [2.05, 4.69) is 25.6 Å². The van der Waals surface area contributed by atoms with Gasteiger partial charge >= 0.3 is 5.97 Å². The molecule has 1 heterocycles. The number of esters is 1. The van der Waals surface area contributed by atoms with Crippen LogP contribution in [0.1, 0.15) is 29.8 Å². The van der Waals surface area contributed by atoms with E-state index >= 15 is 0 Å². The number of sulfonamides is 1. The van der Waals surface area contributed by atoms with Crippen molar-refractivity contribution < 1.29 is 22.7 Å². The van der Waals surface area contributed by atoms with Crippen LogP contribution in [-0.2, 0) is 21.3 Å². The first-order chi connectivity index (χ1) is 12.4. The second-order valence-electron chi connectivity index (χ2n) is 5.09. The molecule has 7 nitrogen and oxygen atoms in total. The van der Waals surface area contributed by atoms with Crippen LogP contribution in [0.4, 0.5) is 0 Å². The largest absolute Gasteiger partial charge is 0.478 e. The van der Waals surface area contributed by atoms with E-state index in [0.29, 0.717) is 18.1 Å². The van der Waals surface area contributed by atoms with E-state index in [-0.39, 0.29) is 28.1 Å². The van der Waals surface area contributed by atoms with E-state index in [1.807, 2.05) is 6.92 Å². The summed E-state index contributed by atoms with van der Waals surface area (Å²) in [6.07, 6.45) is 1.58. The second kappa shape index (κ2) is 9.11. The second-order valence-corrected chi connectivity index (χ2v) is 7.68. The summed E-state index contributed by atoms with van der Waals surface area (Å²) in [6, 6.07) is 7.62. The maximum Gasteiger partial charge on any atom is 0.338 e. The molecule has 26 heavy (non-hydrogen) atoms. The minimum atomic E-state index is -3.81. The normalized spacial score (nSPS) is 11.2. The van der Waals surface area contributed by atoms with Crippen LogP contribution in [0.25, 0.3) is 0 Å². The molecule has 0 unspecified atom stereocenters. The number of carbonyl (C=O) groups is 1. The summed E-state index contributed by atoms with van der Waals surface area (Å²) in [6.45, 7) is 4.22. The van der Waals surface area contributed by atoms with Gasteiger partial charge in [-0.05, 0) is 54.0 Å². The number of pyridine rings is 1. The first-order valence-electron chi connectivity index (χ1n) is 7.92. The number of nitrogens with one attached hydrogen (secondary N) is 1. The van der Waals surface area contributed by atoms with Crippen molar-refractivity contribution in [1.82, 2.24) is 9.71 Å². The van der Waals surface area contributed by atoms with Crippen LogP contribution in [0.3, 0.4) is 0 Å². The molecule has 0 fully saturated rings. The van der Waals surface area contributed by atoms with Crippen LogP contribution in [0.2, 0.25) is 0 Å². The van der Waals surface area contributed by atoms with Crippen molar-refractivity contribution in [3.05, 3.63) is 52.1 Å². The van der Waals surface area contributed by atoms with Gasteiger partial charge in [-0.2, -0.15) is 0 Å². The van der Waals surface area contributed by atoms with Crippen molar-refractivity contribution in [3.63, 3.8) is 0 Å². The Morgan fingerprint density at radius 2 is 2.00 bits per heavy atom. The Bertz CT molecular complexity index is 886. The van der Waals surface area contributed by atoms with Crippen molar-refractivity contribution in [2.75, 3.05) is 13.2 Å². The van der Waals surface area contributed by atoms with Gasteiger partial charge in [0, 0.05) is 22.8 Å². The summed E-state index contributed by atoms with van der Waals surface area (Å²) < 4.78 is 38.2. The van der Waals surface area contributed by atoms with Gasteiger partial charge in [-0.25, -0.2) is 22.9 Å². The number of halogens is 1. The summed E-state index contributed by atoms with van der Waals surface area (Å²) >= 11 is 3.20. The van der Waals surface area contributed by atoms with Crippen molar-refractivity contribution in [2.45, 2.75) is 25.3 Å². The number of nitrogens with zero attached hydrogens (tertiary/aromatic N) is 1. The minimum absolute atomic E-state index is 0.0207. The average molecular weight is 443 g/mol. The lowest BCUT2D eigenvalue weighted by Gasteiger charge is -2.12. The highest BCUT2D eigenvalue weighted by molar-refractivity contribution is 9.10. The summed E-state index contributed by atoms with van der Waals surface area (Å²) in [5, 5.41) is 0. The number of ether oxygens (including phenoxy) is 2. The van der Waals surface area contributed by atoms with Gasteiger partial charge < -0.3 is 9.47 Å². The maximum absolute atomic E-state index is 12.6.